The Labute approximate surface area is 71.8 Å². The monoisotopic (exact) mass is 164 g/mol. The molecule has 0 fully saturated rings. The molecule has 0 unspecified atom stereocenters. The minimum absolute atomic E-state index is 0.00926. The Kier molecular flexibility index (Phi) is 2.86. The van der Waals surface area contributed by atoms with Gasteiger partial charge < -0.3 is 4.74 Å². The van der Waals surface area contributed by atoms with E-state index in [1.165, 1.54) is 7.11 Å². The average molecular weight is 164 g/mol. The Morgan fingerprint density at radius 3 is 2.58 bits per heavy atom. The normalized spacial score (nSPS) is 9.50. The maximum atomic E-state index is 11.5. The van der Waals surface area contributed by atoms with Gasteiger partial charge in [-0.3, -0.25) is 4.79 Å². The SMILES string of the molecule is CCc1ccccc(OC)c1=O. The van der Waals surface area contributed by atoms with Crippen LogP contribution >= 0.6 is 0 Å². The molecule has 0 heterocycles. The highest BCUT2D eigenvalue weighted by Crippen LogP contribution is 2.02. The third-order valence-electron chi connectivity index (χ3n) is 1.77. The van der Waals surface area contributed by atoms with Crippen LogP contribution in [0.15, 0.2) is 29.1 Å². The maximum Gasteiger partial charge on any atom is 0.223 e. The van der Waals surface area contributed by atoms with Gasteiger partial charge in [0.25, 0.3) is 0 Å². The lowest BCUT2D eigenvalue weighted by Gasteiger charge is -1.94. The first kappa shape index (κ1) is 8.78. The number of rotatable bonds is 2. The van der Waals surface area contributed by atoms with Gasteiger partial charge in [0.15, 0.2) is 5.75 Å². The molecule has 64 valence electrons. The summed E-state index contributed by atoms with van der Waals surface area (Å²) < 4.78 is 4.93. The summed E-state index contributed by atoms with van der Waals surface area (Å²) in [6, 6.07) is 7.16. The number of aryl methyl sites for hydroxylation is 1. The van der Waals surface area contributed by atoms with Crippen molar-refractivity contribution in [3.8, 4) is 5.75 Å². The fourth-order valence-corrected chi connectivity index (χ4v) is 1.06. The molecule has 0 amide bonds. The van der Waals surface area contributed by atoms with Crippen molar-refractivity contribution in [3.05, 3.63) is 40.1 Å². The first-order valence-corrected chi connectivity index (χ1v) is 3.95. The topological polar surface area (TPSA) is 26.3 Å². The van der Waals surface area contributed by atoms with Gasteiger partial charge in [-0.15, -0.1) is 0 Å². The van der Waals surface area contributed by atoms with Crippen molar-refractivity contribution < 1.29 is 4.74 Å². The zero-order valence-electron chi connectivity index (χ0n) is 7.33. The lowest BCUT2D eigenvalue weighted by Crippen LogP contribution is -2.07. The van der Waals surface area contributed by atoms with Crippen molar-refractivity contribution in [2.45, 2.75) is 13.3 Å². The summed E-state index contributed by atoms with van der Waals surface area (Å²) in [5, 5.41) is 0. The summed E-state index contributed by atoms with van der Waals surface area (Å²) >= 11 is 0. The third kappa shape index (κ3) is 1.64. The first-order chi connectivity index (χ1) is 5.79. The predicted molar refractivity (Wildman–Crippen MR) is 48.6 cm³/mol. The molecule has 0 aliphatic carbocycles. The molecule has 1 aromatic carbocycles. The van der Waals surface area contributed by atoms with E-state index in [4.69, 9.17) is 4.74 Å². The summed E-state index contributed by atoms with van der Waals surface area (Å²) in [7, 11) is 1.51. The van der Waals surface area contributed by atoms with Crippen LogP contribution in [-0.2, 0) is 6.42 Å². The molecule has 0 spiro atoms. The number of methoxy groups -OCH3 is 1. The van der Waals surface area contributed by atoms with E-state index in [1.54, 1.807) is 12.1 Å². The minimum Gasteiger partial charge on any atom is -0.493 e. The number of ether oxygens (including phenoxy) is 1. The summed E-state index contributed by atoms with van der Waals surface area (Å²) in [6.45, 7) is 1.95. The van der Waals surface area contributed by atoms with Crippen LogP contribution in [0, 0.1) is 0 Å². The van der Waals surface area contributed by atoms with Gasteiger partial charge in [-0.1, -0.05) is 25.1 Å². The molecular formula is C10H12O2. The molecule has 0 atom stereocenters. The van der Waals surface area contributed by atoms with Gasteiger partial charge in [-0.25, -0.2) is 0 Å². The molecular weight excluding hydrogens is 152 g/mol. The molecule has 1 aromatic rings. The highest BCUT2D eigenvalue weighted by Gasteiger charge is 1.99. The van der Waals surface area contributed by atoms with Gasteiger partial charge in [0, 0.05) is 5.56 Å². The number of hydrogen-bond acceptors (Lipinski definition) is 2. The molecule has 0 saturated carbocycles. The van der Waals surface area contributed by atoms with Crippen molar-refractivity contribution in [1.29, 1.82) is 0 Å². The smallest absolute Gasteiger partial charge is 0.223 e. The van der Waals surface area contributed by atoms with Gasteiger partial charge in [0.2, 0.25) is 5.43 Å². The van der Waals surface area contributed by atoms with Crippen molar-refractivity contribution in [1.82, 2.24) is 0 Å². The Balaban J connectivity index is 3.37. The summed E-state index contributed by atoms with van der Waals surface area (Å²) in [5.74, 6) is 0.414. The summed E-state index contributed by atoms with van der Waals surface area (Å²) in [4.78, 5) is 11.5. The molecule has 2 nitrogen and oxygen atoms in total. The van der Waals surface area contributed by atoms with Gasteiger partial charge in [0.05, 0.1) is 7.11 Å². The second-order valence-corrected chi connectivity index (χ2v) is 2.49. The van der Waals surface area contributed by atoms with Crippen LogP contribution in [0.2, 0.25) is 0 Å². The average Bonchev–Trinajstić information content (AvgIpc) is 2.27. The lowest BCUT2D eigenvalue weighted by atomic mass is 10.2. The maximum absolute atomic E-state index is 11.5. The van der Waals surface area contributed by atoms with Crippen molar-refractivity contribution in [2.75, 3.05) is 7.11 Å². The summed E-state index contributed by atoms with van der Waals surface area (Å²) in [6.07, 6.45) is 0.740. The Morgan fingerprint density at radius 1 is 1.33 bits per heavy atom. The molecule has 12 heavy (non-hydrogen) atoms. The largest absolute Gasteiger partial charge is 0.493 e. The van der Waals surface area contributed by atoms with E-state index in [9.17, 15) is 4.79 Å². The molecule has 2 heteroatoms. The van der Waals surface area contributed by atoms with Crippen LogP contribution in [0.3, 0.4) is 0 Å². The Morgan fingerprint density at radius 2 is 2.00 bits per heavy atom. The van der Waals surface area contributed by atoms with E-state index < -0.39 is 0 Å². The minimum atomic E-state index is -0.00926. The second-order valence-electron chi connectivity index (χ2n) is 2.49. The van der Waals surface area contributed by atoms with E-state index in [2.05, 4.69) is 0 Å². The van der Waals surface area contributed by atoms with Crippen LogP contribution in [0.1, 0.15) is 12.5 Å². The van der Waals surface area contributed by atoms with Crippen LogP contribution in [0.25, 0.3) is 0 Å². The predicted octanol–water partition coefficient (Wildman–Crippen LogP) is 1.62. The van der Waals surface area contributed by atoms with Crippen LogP contribution in [-0.4, -0.2) is 7.11 Å². The van der Waals surface area contributed by atoms with E-state index in [-0.39, 0.29) is 5.43 Å². The van der Waals surface area contributed by atoms with E-state index in [0.717, 1.165) is 12.0 Å². The molecule has 0 saturated heterocycles. The van der Waals surface area contributed by atoms with Gasteiger partial charge in [-0.05, 0) is 12.5 Å². The summed E-state index contributed by atoms with van der Waals surface area (Å²) in [5.41, 5.74) is 0.779. The fourth-order valence-electron chi connectivity index (χ4n) is 1.06. The quantitative estimate of drug-likeness (QED) is 0.664. The van der Waals surface area contributed by atoms with Crippen molar-refractivity contribution >= 4 is 0 Å². The Hall–Kier alpha value is -1.31. The zero-order chi connectivity index (χ0) is 8.97. The van der Waals surface area contributed by atoms with Crippen molar-refractivity contribution in [2.24, 2.45) is 0 Å². The second kappa shape index (κ2) is 3.90. The van der Waals surface area contributed by atoms with E-state index in [0.29, 0.717) is 5.75 Å². The molecule has 1 rings (SSSR count). The molecule has 0 aliphatic rings. The third-order valence-corrected chi connectivity index (χ3v) is 1.77. The highest BCUT2D eigenvalue weighted by molar-refractivity contribution is 5.26. The van der Waals surface area contributed by atoms with Crippen molar-refractivity contribution in [3.63, 3.8) is 0 Å². The fraction of sp³-hybridized carbons (Fsp3) is 0.300. The van der Waals surface area contributed by atoms with Crippen LogP contribution < -0.4 is 10.2 Å². The van der Waals surface area contributed by atoms with Crippen LogP contribution in [0.4, 0.5) is 0 Å². The Bertz CT molecular complexity index is 288. The molecule has 0 N–H and O–H groups in total. The first-order valence-electron chi connectivity index (χ1n) is 3.95. The highest BCUT2D eigenvalue weighted by atomic mass is 16.5. The van der Waals surface area contributed by atoms with Gasteiger partial charge in [-0.2, -0.15) is 0 Å². The molecule has 0 radical (unpaired) electrons. The van der Waals surface area contributed by atoms with E-state index in [1.807, 2.05) is 19.1 Å². The molecule has 0 aromatic heterocycles. The van der Waals surface area contributed by atoms with Gasteiger partial charge >= 0.3 is 0 Å². The number of hydrogen-bond donors (Lipinski definition) is 0. The molecule has 0 aliphatic heterocycles. The molecule has 0 bridgehead atoms. The standard InChI is InChI=1S/C10H12O2/c1-3-8-6-4-5-7-9(12-2)10(8)11/h4-7H,3H2,1-2H3. The van der Waals surface area contributed by atoms with Crippen LogP contribution in [0.5, 0.6) is 5.75 Å². The van der Waals surface area contributed by atoms with E-state index >= 15 is 0 Å². The zero-order valence-corrected chi connectivity index (χ0v) is 7.33. The lowest BCUT2D eigenvalue weighted by molar-refractivity contribution is 0.411. The van der Waals surface area contributed by atoms with Gasteiger partial charge in [0.1, 0.15) is 0 Å².